The Morgan fingerprint density at radius 1 is 1.33 bits per heavy atom. The number of hydrogen-bond acceptors (Lipinski definition) is 3. The van der Waals surface area contributed by atoms with Gasteiger partial charge in [-0.1, -0.05) is 30.3 Å². The van der Waals surface area contributed by atoms with Crippen LogP contribution in [0.4, 0.5) is 4.79 Å². The minimum atomic E-state index is -0.908. The maximum atomic E-state index is 12.5. The van der Waals surface area contributed by atoms with Crippen LogP contribution in [0.15, 0.2) is 30.3 Å². The second kappa shape index (κ2) is 8.49. The molecule has 5 nitrogen and oxygen atoms in total. The van der Waals surface area contributed by atoms with Crippen molar-refractivity contribution in [3.63, 3.8) is 0 Å². The highest BCUT2D eigenvalue weighted by Gasteiger charge is 2.25. The van der Waals surface area contributed by atoms with E-state index >= 15 is 0 Å². The molecule has 0 aliphatic carbocycles. The fourth-order valence-electron chi connectivity index (χ4n) is 3.19. The minimum Gasteiger partial charge on any atom is -0.389 e. The van der Waals surface area contributed by atoms with Gasteiger partial charge in [0.05, 0.1) is 18.2 Å². The van der Waals surface area contributed by atoms with Crippen LogP contribution in [0.1, 0.15) is 44.7 Å². The van der Waals surface area contributed by atoms with Gasteiger partial charge in [0.2, 0.25) is 0 Å². The smallest absolute Gasteiger partial charge is 0.317 e. The standard InChI is InChI=1S/C19H30N2O3/c1-19(2,23)14-21(3)18(22)20-17(16-7-5-4-6-8-16)13-15-9-11-24-12-10-15/h4-8,15,17,23H,9-14H2,1-3H3,(H,20,22). The summed E-state index contributed by atoms with van der Waals surface area (Å²) in [5.41, 5.74) is 0.212. The molecular weight excluding hydrogens is 304 g/mol. The molecular formula is C19H30N2O3. The summed E-state index contributed by atoms with van der Waals surface area (Å²) in [6, 6.07) is 9.92. The van der Waals surface area contributed by atoms with Gasteiger partial charge in [0.1, 0.15) is 0 Å². The van der Waals surface area contributed by atoms with Crippen molar-refractivity contribution in [2.24, 2.45) is 5.92 Å². The van der Waals surface area contributed by atoms with Crippen LogP contribution < -0.4 is 5.32 Å². The Balaban J connectivity index is 2.03. The average molecular weight is 334 g/mol. The molecule has 0 aromatic heterocycles. The zero-order chi connectivity index (χ0) is 17.6. The Kier molecular flexibility index (Phi) is 6.63. The van der Waals surface area contributed by atoms with Crippen molar-refractivity contribution < 1.29 is 14.6 Å². The summed E-state index contributed by atoms with van der Waals surface area (Å²) in [5.74, 6) is 0.559. The lowest BCUT2D eigenvalue weighted by Gasteiger charge is -2.31. The zero-order valence-electron chi connectivity index (χ0n) is 15.0. The molecule has 1 aromatic rings. The number of benzene rings is 1. The van der Waals surface area contributed by atoms with Gasteiger partial charge < -0.3 is 20.1 Å². The predicted octanol–water partition coefficient (Wildman–Crippen LogP) is 2.96. The number of rotatable bonds is 6. The Hall–Kier alpha value is -1.59. The van der Waals surface area contributed by atoms with Gasteiger partial charge in [-0.25, -0.2) is 4.79 Å². The number of hydrogen-bond donors (Lipinski definition) is 2. The summed E-state index contributed by atoms with van der Waals surface area (Å²) in [7, 11) is 1.71. The summed E-state index contributed by atoms with van der Waals surface area (Å²) < 4.78 is 5.44. The molecule has 2 N–H and O–H groups in total. The number of likely N-dealkylation sites (N-methyl/N-ethyl adjacent to an activating group) is 1. The molecule has 1 aliphatic rings. The van der Waals surface area contributed by atoms with E-state index < -0.39 is 5.60 Å². The van der Waals surface area contributed by atoms with E-state index in [0.29, 0.717) is 5.92 Å². The van der Waals surface area contributed by atoms with Gasteiger partial charge in [-0.2, -0.15) is 0 Å². The zero-order valence-corrected chi connectivity index (χ0v) is 15.0. The Morgan fingerprint density at radius 2 is 1.96 bits per heavy atom. The van der Waals surface area contributed by atoms with Gasteiger partial charge in [0, 0.05) is 20.3 Å². The number of carbonyl (C=O) groups excluding carboxylic acids is 1. The molecule has 1 aromatic carbocycles. The third-order valence-electron chi connectivity index (χ3n) is 4.38. The monoisotopic (exact) mass is 334 g/mol. The SMILES string of the molecule is CN(CC(C)(C)O)C(=O)NC(CC1CCOCC1)c1ccccc1. The molecule has 134 valence electrons. The first kappa shape index (κ1) is 18.7. The van der Waals surface area contributed by atoms with E-state index in [2.05, 4.69) is 17.4 Å². The van der Waals surface area contributed by atoms with Crippen molar-refractivity contribution in [3.8, 4) is 0 Å². The average Bonchev–Trinajstić information content (AvgIpc) is 2.54. The maximum Gasteiger partial charge on any atom is 0.317 e. The molecule has 0 radical (unpaired) electrons. The molecule has 1 aliphatic heterocycles. The van der Waals surface area contributed by atoms with Crippen LogP contribution in [0.5, 0.6) is 0 Å². The second-order valence-corrected chi connectivity index (χ2v) is 7.37. The van der Waals surface area contributed by atoms with Crippen LogP contribution in [0.3, 0.4) is 0 Å². The molecule has 1 fully saturated rings. The summed E-state index contributed by atoms with van der Waals surface area (Å²) in [6.45, 7) is 5.30. The number of nitrogens with one attached hydrogen (secondary N) is 1. The summed E-state index contributed by atoms with van der Waals surface area (Å²) in [4.78, 5) is 14.1. The highest BCUT2D eigenvalue weighted by atomic mass is 16.5. The molecule has 1 atom stereocenters. The van der Waals surface area contributed by atoms with Crippen LogP contribution >= 0.6 is 0 Å². The van der Waals surface area contributed by atoms with Crippen molar-refractivity contribution >= 4 is 6.03 Å². The molecule has 5 heteroatoms. The van der Waals surface area contributed by atoms with E-state index in [1.165, 1.54) is 0 Å². The molecule has 24 heavy (non-hydrogen) atoms. The highest BCUT2D eigenvalue weighted by Crippen LogP contribution is 2.27. The lowest BCUT2D eigenvalue weighted by Crippen LogP contribution is -2.46. The van der Waals surface area contributed by atoms with E-state index in [0.717, 1.165) is 38.0 Å². The van der Waals surface area contributed by atoms with E-state index in [1.54, 1.807) is 25.8 Å². The van der Waals surface area contributed by atoms with Crippen molar-refractivity contribution in [2.45, 2.75) is 44.8 Å². The van der Waals surface area contributed by atoms with Crippen molar-refractivity contribution in [1.82, 2.24) is 10.2 Å². The van der Waals surface area contributed by atoms with Gasteiger partial charge >= 0.3 is 6.03 Å². The molecule has 1 heterocycles. The van der Waals surface area contributed by atoms with Crippen molar-refractivity contribution in [3.05, 3.63) is 35.9 Å². The Bertz CT molecular complexity index is 507. The number of nitrogens with zero attached hydrogens (tertiary/aromatic N) is 1. The fraction of sp³-hybridized carbons (Fsp3) is 0.632. The molecule has 2 amide bonds. The Labute approximate surface area is 145 Å². The number of ether oxygens (including phenoxy) is 1. The van der Waals surface area contributed by atoms with Gasteiger partial charge in [-0.15, -0.1) is 0 Å². The second-order valence-electron chi connectivity index (χ2n) is 7.37. The Morgan fingerprint density at radius 3 is 2.54 bits per heavy atom. The van der Waals surface area contributed by atoms with Gasteiger partial charge in [-0.3, -0.25) is 0 Å². The van der Waals surface area contributed by atoms with Crippen molar-refractivity contribution in [1.29, 1.82) is 0 Å². The molecule has 2 rings (SSSR count). The maximum absolute atomic E-state index is 12.5. The largest absolute Gasteiger partial charge is 0.389 e. The first-order valence-electron chi connectivity index (χ1n) is 8.72. The molecule has 0 saturated carbocycles. The number of carbonyl (C=O) groups is 1. The molecule has 0 spiro atoms. The first-order chi connectivity index (χ1) is 11.3. The molecule has 1 unspecified atom stereocenters. The summed E-state index contributed by atoms with van der Waals surface area (Å²) in [5, 5.41) is 13.1. The predicted molar refractivity (Wildman–Crippen MR) is 94.8 cm³/mol. The van der Waals surface area contributed by atoms with E-state index in [1.807, 2.05) is 18.2 Å². The number of aliphatic hydroxyl groups is 1. The van der Waals surface area contributed by atoms with Crippen LogP contribution in [-0.2, 0) is 4.74 Å². The van der Waals surface area contributed by atoms with E-state index in [-0.39, 0.29) is 18.6 Å². The highest BCUT2D eigenvalue weighted by molar-refractivity contribution is 5.74. The molecule has 0 bridgehead atoms. The van der Waals surface area contributed by atoms with Gasteiger partial charge in [0.15, 0.2) is 0 Å². The quantitative estimate of drug-likeness (QED) is 0.841. The fourth-order valence-corrected chi connectivity index (χ4v) is 3.19. The third kappa shape index (κ3) is 6.13. The first-order valence-corrected chi connectivity index (χ1v) is 8.72. The van der Waals surface area contributed by atoms with Crippen LogP contribution in [0.2, 0.25) is 0 Å². The van der Waals surface area contributed by atoms with Crippen LogP contribution in [0, 0.1) is 5.92 Å². The minimum absolute atomic E-state index is 0.0222. The normalized spacial score (nSPS) is 17.3. The number of amides is 2. The molecule has 1 saturated heterocycles. The third-order valence-corrected chi connectivity index (χ3v) is 4.38. The van der Waals surface area contributed by atoms with E-state index in [9.17, 15) is 9.90 Å². The summed E-state index contributed by atoms with van der Waals surface area (Å²) in [6.07, 6.45) is 2.99. The lowest BCUT2D eigenvalue weighted by molar-refractivity contribution is 0.0509. The van der Waals surface area contributed by atoms with Gasteiger partial charge in [-0.05, 0) is 44.6 Å². The summed E-state index contributed by atoms with van der Waals surface area (Å²) >= 11 is 0. The van der Waals surface area contributed by atoms with E-state index in [4.69, 9.17) is 4.74 Å². The van der Waals surface area contributed by atoms with Gasteiger partial charge in [0.25, 0.3) is 0 Å². The topological polar surface area (TPSA) is 61.8 Å². The number of urea groups is 1. The van der Waals surface area contributed by atoms with Crippen LogP contribution in [0.25, 0.3) is 0 Å². The van der Waals surface area contributed by atoms with Crippen molar-refractivity contribution in [2.75, 3.05) is 26.8 Å². The van der Waals surface area contributed by atoms with Crippen LogP contribution in [-0.4, -0.2) is 48.4 Å². The lowest BCUT2D eigenvalue weighted by atomic mass is 9.89.